The number of nitrogen functional groups attached to an aromatic ring is 1. The van der Waals surface area contributed by atoms with Crippen LogP contribution in [-0.4, -0.2) is 79.7 Å². The molecular formula is C22H23ClFN7O5S4. The maximum atomic E-state index is 13.2. The van der Waals surface area contributed by atoms with Gasteiger partial charge in [0.05, 0.1) is 5.37 Å². The number of amides is 2. The number of nitrogens with two attached hydrogens (primary N) is 2. The predicted octanol–water partition coefficient (Wildman–Crippen LogP) is 2.66. The molecule has 12 nitrogen and oxygen atoms in total. The minimum Gasteiger partial charge on any atom is -0.477 e. The van der Waals surface area contributed by atoms with E-state index >= 15 is 0 Å². The van der Waals surface area contributed by atoms with Crippen LogP contribution < -0.4 is 16.8 Å². The van der Waals surface area contributed by atoms with Gasteiger partial charge in [-0.2, -0.15) is 0 Å². The first-order valence-electron chi connectivity index (χ1n) is 11.6. The van der Waals surface area contributed by atoms with Crippen LogP contribution in [0.15, 0.2) is 39.1 Å². The number of carbonyl (C=O) groups excluding carboxylic acids is 2. The largest absolute Gasteiger partial charge is 0.477 e. The van der Waals surface area contributed by atoms with Crippen molar-refractivity contribution in [3.05, 3.63) is 44.7 Å². The second-order valence-corrected chi connectivity index (χ2v) is 13.3. The number of anilines is 1. The zero-order valence-corrected chi connectivity index (χ0v) is 24.7. The molecule has 1 unspecified atom stereocenters. The van der Waals surface area contributed by atoms with Crippen LogP contribution in [0.3, 0.4) is 0 Å². The first-order chi connectivity index (χ1) is 19.2. The van der Waals surface area contributed by atoms with Crippen molar-refractivity contribution in [2.24, 2.45) is 10.9 Å². The van der Waals surface area contributed by atoms with E-state index in [2.05, 4.69) is 20.4 Å². The zero-order chi connectivity index (χ0) is 29.0. The van der Waals surface area contributed by atoms with Crippen LogP contribution in [0.1, 0.15) is 23.6 Å². The summed E-state index contributed by atoms with van der Waals surface area (Å²) in [5, 5.41) is 15.3. The number of rotatable bonds is 12. The van der Waals surface area contributed by atoms with Crippen LogP contribution in [-0.2, 0) is 19.2 Å². The van der Waals surface area contributed by atoms with E-state index in [9.17, 15) is 23.9 Å². The number of aromatic nitrogens is 2. The van der Waals surface area contributed by atoms with Crippen molar-refractivity contribution < 1.29 is 28.7 Å². The van der Waals surface area contributed by atoms with Gasteiger partial charge < -0.3 is 26.7 Å². The molecule has 2 amide bonds. The van der Waals surface area contributed by atoms with Gasteiger partial charge in [-0.1, -0.05) is 46.8 Å². The Kier molecular flexibility index (Phi) is 10.2. The highest BCUT2D eigenvalue weighted by Crippen LogP contribution is 2.46. The molecule has 0 bridgehead atoms. The fraction of sp³-hybridized carbons (Fsp3) is 0.364. The van der Waals surface area contributed by atoms with Gasteiger partial charge in [-0.15, -0.1) is 23.5 Å². The molecule has 0 aromatic carbocycles. The van der Waals surface area contributed by atoms with Gasteiger partial charge in [-0.3, -0.25) is 19.5 Å². The fourth-order valence-electron chi connectivity index (χ4n) is 3.78. The van der Waals surface area contributed by atoms with Gasteiger partial charge in [-0.25, -0.2) is 14.2 Å². The number of thiazole rings is 1. The Bertz CT molecular complexity index is 1380. The number of oxime groups is 1. The van der Waals surface area contributed by atoms with Crippen LogP contribution in [0.2, 0.25) is 4.34 Å². The molecule has 2 aliphatic rings. The summed E-state index contributed by atoms with van der Waals surface area (Å²) < 4.78 is 12.6. The highest BCUT2D eigenvalue weighted by molar-refractivity contribution is 8.06. The quantitative estimate of drug-likeness (QED) is 0.0869. The number of alkyl halides is 1. The smallest absolute Gasteiger partial charge is 0.353 e. The SMILES string of the molecule is CCSC(N)c1cnccc1SC1=C(C(=O)O)N2C(=O)[C@@H](NC(=O)C(=NOCCF)c3nc(N)sc3Cl)[C@@H]2SC1. The van der Waals surface area contributed by atoms with E-state index in [-0.39, 0.29) is 32.0 Å². The number of carboxylic acids is 1. The molecule has 214 valence electrons. The number of fused-ring (bicyclic) bond motifs is 1. The summed E-state index contributed by atoms with van der Waals surface area (Å²) in [6.07, 6.45) is 3.24. The minimum absolute atomic E-state index is 0.0501. The second-order valence-electron chi connectivity index (χ2n) is 7.97. The number of nitrogens with one attached hydrogen (secondary N) is 1. The van der Waals surface area contributed by atoms with Gasteiger partial charge in [0.25, 0.3) is 11.8 Å². The van der Waals surface area contributed by atoms with Gasteiger partial charge in [-0.05, 0) is 11.8 Å². The lowest BCUT2D eigenvalue weighted by molar-refractivity contribution is -0.150. The maximum Gasteiger partial charge on any atom is 0.353 e. The Hall–Kier alpha value is -2.57. The van der Waals surface area contributed by atoms with E-state index in [4.69, 9.17) is 27.9 Å². The summed E-state index contributed by atoms with van der Waals surface area (Å²) in [7, 11) is 0. The zero-order valence-electron chi connectivity index (χ0n) is 20.7. The lowest BCUT2D eigenvalue weighted by Crippen LogP contribution is -2.71. The van der Waals surface area contributed by atoms with E-state index < -0.39 is 48.2 Å². The number of hydrogen-bond acceptors (Lipinski definition) is 13. The minimum atomic E-state index is -1.28. The number of hydrogen-bond donors (Lipinski definition) is 4. The van der Waals surface area contributed by atoms with Crippen molar-refractivity contribution in [2.75, 3.05) is 30.5 Å². The molecule has 2 aromatic heterocycles. The third-order valence-corrected chi connectivity index (χ3v) is 10.2. The molecule has 2 aromatic rings. The first kappa shape index (κ1) is 30.4. The molecule has 4 rings (SSSR count). The maximum absolute atomic E-state index is 13.2. The second kappa shape index (κ2) is 13.4. The number of nitrogens with zero attached hydrogens (tertiary/aromatic N) is 4. The Balaban J connectivity index is 1.56. The average Bonchev–Trinajstić information content (AvgIpc) is 3.26. The summed E-state index contributed by atoms with van der Waals surface area (Å²) in [6, 6.07) is 0.688. The predicted molar refractivity (Wildman–Crippen MR) is 155 cm³/mol. The number of carbonyl (C=O) groups is 3. The number of β-lactam (4-membered cyclic amide) rings is 1. The lowest BCUT2D eigenvalue weighted by atomic mass is 10.0. The molecule has 0 aliphatic carbocycles. The normalized spacial score (nSPS) is 19.6. The molecule has 4 heterocycles. The molecule has 3 atom stereocenters. The van der Waals surface area contributed by atoms with Crippen LogP contribution >= 0.6 is 58.2 Å². The Labute approximate surface area is 249 Å². The van der Waals surface area contributed by atoms with Crippen LogP contribution in [0.4, 0.5) is 9.52 Å². The van der Waals surface area contributed by atoms with Crippen LogP contribution in [0.25, 0.3) is 0 Å². The van der Waals surface area contributed by atoms with Gasteiger partial charge in [0, 0.05) is 33.5 Å². The number of halogens is 2. The topological polar surface area (TPSA) is 186 Å². The number of thioether (sulfide) groups is 3. The third-order valence-electron chi connectivity index (χ3n) is 5.48. The van der Waals surface area contributed by atoms with E-state index in [0.29, 0.717) is 4.91 Å². The van der Waals surface area contributed by atoms with Crippen molar-refractivity contribution >= 4 is 86.9 Å². The molecule has 6 N–H and O–H groups in total. The summed E-state index contributed by atoms with van der Waals surface area (Å²) in [6.45, 7) is 0.709. The molecule has 0 saturated carbocycles. The molecule has 0 radical (unpaired) electrons. The van der Waals surface area contributed by atoms with Crippen molar-refractivity contribution in [3.8, 4) is 0 Å². The Morgan fingerprint density at radius 2 is 2.25 bits per heavy atom. The summed E-state index contributed by atoms with van der Waals surface area (Å²) in [5.41, 5.74) is 12.1. The molecule has 40 heavy (non-hydrogen) atoms. The van der Waals surface area contributed by atoms with Crippen molar-refractivity contribution in [2.45, 2.75) is 28.6 Å². The standard InChI is InChI=1S/C22H23ClFN7O5S4/c1-2-37-17(25)9-7-27-5-3-10(9)39-11-8-38-20-14(19(33)31(20)15(11)21(34)35)28-18(32)13(30-36-6-4-24)12-16(23)40-22(26)29-12/h3,5,7,14,17,20H,2,4,6,8,25H2,1H3,(H2,26,29)(H,28,32)(H,34,35)/t14-,17?,20+/m1/s1. The fourth-order valence-corrected chi connectivity index (χ4v) is 8.12. The molecule has 2 aliphatic heterocycles. The third kappa shape index (κ3) is 6.33. The summed E-state index contributed by atoms with van der Waals surface area (Å²) in [5.74, 6) is -1.72. The molecular weight excluding hydrogens is 625 g/mol. The van der Waals surface area contributed by atoms with E-state index in [1.165, 1.54) is 35.3 Å². The molecule has 18 heteroatoms. The van der Waals surface area contributed by atoms with Gasteiger partial charge >= 0.3 is 5.97 Å². The average molecular weight is 648 g/mol. The molecule has 0 spiro atoms. The summed E-state index contributed by atoms with van der Waals surface area (Å²) in [4.78, 5) is 53.9. The van der Waals surface area contributed by atoms with Crippen molar-refractivity contribution in [3.63, 3.8) is 0 Å². The van der Waals surface area contributed by atoms with Gasteiger partial charge in [0.1, 0.15) is 40.4 Å². The number of pyridine rings is 1. The van der Waals surface area contributed by atoms with Crippen molar-refractivity contribution in [1.29, 1.82) is 0 Å². The Morgan fingerprint density at radius 3 is 2.90 bits per heavy atom. The van der Waals surface area contributed by atoms with E-state index in [0.717, 1.165) is 32.4 Å². The lowest BCUT2D eigenvalue weighted by Gasteiger charge is -2.49. The highest BCUT2D eigenvalue weighted by atomic mass is 35.5. The number of aliphatic carboxylic acids is 1. The summed E-state index contributed by atoms with van der Waals surface area (Å²) >= 11 is 11.1. The van der Waals surface area contributed by atoms with Gasteiger partial charge in [0.15, 0.2) is 10.8 Å². The molecule has 1 fully saturated rings. The molecule has 1 saturated heterocycles. The van der Waals surface area contributed by atoms with Crippen molar-refractivity contribution in [1.82, 2.24) is 20.2 Å². The number of carboxylic acid groups (broad SMARTS) is 1. The van der Waals surface area contributed by atoms with Crippen LogP contribution in [0.5, 0.6) is 0 Å². The first-order valence-corrected chi connectivity index (χ1v) is 15.7. The highest BCUT2D eigenvalue weighted by Gasteiger charge is 2.54. The monoisotopic (exact) mass is 647 g/mol. The van der Waals surface area contributed by atoms with E-state index in [1.54, 1.807) is 18.5 Å². The van der Waals surface area contributed by atoms with E-state index in [1.807, 2.05) is 6.92 Å². The van der Waals surface area contributed by atoms with Gasteiger partial charge in [0.2, 0.25) is 0 Å². The Morgan fingerprint density at radius 1 is 1.48 bits per heavy atom. The van der Waals surface area contributed by atoms with Crippen LogP contribution in [0, 0.1) is 0 Å².